The van der Waals surface area contributed by atoms with Gasteiger partial charge in [0.1, 0.15) is 5.75 Å². The molecule has 1 aromatic carbocycles. The Balaban J connectivity index is 0.00000312. The second kappa shape index (κ2) is 12.4. The number of nitrogens with one attached hydrogen (secondary N) is 1. The molecule has 1 heterocycles. The zero-order valence-electron chi connectivity index (χ0n) is 16.3. The molecule has 0 aromatic heterocycles. The molecule has 26 heavy (non-hydrogen) atoms. The molecule has 1 amide bonds. The average Bonchev–Trinajstić information content (AvgIpc) is 2.52. The number of likely N-dealkylation sites (N-methyl/N-ethyl adjacent to an activating group) is 1. The molecule has 7 heteroatoms. The lowest BCUT2D eigenvalue weighted by molar-refractivity contribution is -0.123. The molecular formula is C19H33Cl2N3O2. The molecule has 1 aliphatic rings. The van der Waals surface area contributed by atoms with Crippen LogP contribution >= 0.6 is 24.8 Å². The number of nitrogens with zero attached hydrogens (tertiary/aromatic N) is 2. The molecule has 0 unspecified atom stereocenters. The van der Waals surface area contributed by atoms with Gasteiger partial charge in [0.15, 0.2) is 6.61 Å². The van der Waals surface area contributed by atoms with Crippen molar-refractivity contribution < 1.29 is 9.53 Å². The Morgan fingerprint density at radius 2 is 1.65 bits per heavy atom. The second-order valence-corrected chi connectivity index (χ2v) is 6.86. The number of hydrogen-bond acceptors (Lipinski definition) is 4. The first-order valence-corrected chi connectivity index (χ1v) is 8.84. The molecular weight excluding hydrogens is 373 g/mol. The SMILES string of the molecule is Cc1cc(C)c(OCC(=O)NCCCN2CCN(C)CC2)c(C)c1.Cl.Cl. The maximum atomic E-state index is 11.9. The Morgan fingerprint density at radius 1 is 1.08 bits per heavy atom. The summed E-state index contributed by atoms with van der Waals surface area (Å²) in [4.78, 5) is 16.8. The highest BCUT2D eigenvalue weighted by molar-refractivity contribution is 5.85. The van der Waals surface area contributed by atoms with Crippen molar-refractivity contribution in [1.82, 2.24) is 15.1 Å². The summed E-state index contributed by atoms with van der Waals surface area (Å²) in [7, 11) is 2.16. The molecule has 0 spiro atoms. The fourth-order valence-electron chi connectivity index (χ4n) is 3.19. The number of hydrogen-bond donors (Lipinski definition) is 1. The van der Waals surface area contributed by atoms with Crippen LogP contribution in [0.3, 0.4) is 0 Å². The number of aryl methyl sites for hydroxylation is 3. The highest BCUT2D eigenvalue weighted by Gasteiger charge is 2.13. The first kappa shape index (κ1) is 25.0. The Morgan fingerprint density at radius 3 is 2.23 bits per heavy atom. The Kier molecular flexibility index (Phi) is 11.9. The topological polar surface area (TPSA) is 44.8 Å². The smallest absolute Gasteiger partial charge is 0.257 e. The summed E-state index contributed by atoms with van der Waals surface area (Å²) in [6.45, 7) is 12.5. The van der Waals surface area contributed by atoms with E-state index in [1.54, 1.807) is 0 Å². The molecule has 1 aliphatic heterocycles. The summed E-state index contributed by atoms with van der Waals surface area (Å²) >= 11 is 0. The third-order valence-corrected chi connectivity index (χ3v) is 4.52. The van der Waals surface area contributed by atoms with Crippen LogP contribution in [-0.4, -0.2) is 68.6 Å². The van der Waals surface area contributed by atoms with Crippen LogP contribution in [0, 0.1) is 20.8 Å². The fraction of sp³-hybridized carbons (Fsp3) is 0.632. The van der Waals surface area contributed by atoms with Crippen LogP contribution in [0.2, 0.25) is 0 Å². The van der Waals surface area contributed by atoms with Crippen LogP contribution in [0.25, 0.3) is 0 Å². The third-order valence-electron chi connectivity index (χ3n) is 4.52. The van der Waals surface area contributed by atoms with Gasteiger partial charge in [-0.1, -0.05) is 17.7 Å². The summed E-state index contributed by atoms with van der Waals surface area (Å²) in [5.41, 5.74) is 3.37. The average molecular weight is 406 g/mol. The number of rotatable bonds is 7. The largest absolute Gasteiger partial charge is 0.483 e. The van der Waals surface area contributed by atoms with Gasteiger partial charge in [-0.2, -0.15) is 0 Å². The molecule has 2 rings (SSSR count). The van der Waals surface area contributed by atoms with Crippen LogP contribution in [0.5, 0.6) is 5.75 Å². The minimum atomic E-state index is -0.0484. The molecule has 1 fully saturated rings. The van der Waals surface area contributed by atoms with Crippen molar-refractivity contribution >= 4 is 30.7 Å². The normalized spacial score (nSPS) is 14.9. The predicted octanol–water partition coefficient (Wildman–Crippen LogP) is 2.59. The molecule has 150 valence electrons. The Labute approximate surface area is 170 Å². The molecule has 0 bridgehead atoms. The number of piperazine rings is 1. The summed E-state index contributed by atoms with van der Waals surface area (Å²) < 4.78 is 5.72. The number of carbonyl (C=O) groups is 1. The van der Waals surface area contributed by atoms with Gasteiger partial charge in [0.25, 0.3) is 5.91 Å². The maximum absolute atomic E-state index is 11.9. The van der Waals surface area contributed by atoms with E-state index >= 15 is 0 Å². The quantitative estimate of drug-likeness (QED) is 0.707. The van der Waals surface area contributed by atoms with Crippen LogP contribution in [0.4, 0.5) is 0 Å². The Bertz CT molecular complexity index is 539. The van der Waals surface area contributed by atoms with Gasteiger partial charge in [-0.15, -0.1) is 24.8 Å². The highest BCUT2D eigenvalue weighted by Crippen LogP contribution is 2.24. The lowest BCUT2D eigenvalue weighted by atomic mass is 10.1. The standard InChI is InChI=1S/C19H31N3O2.2ClH/c1-15-12-16(2)19(17(3)13-15)24-14-18(23)20-6-5-7-22-10-8-21(4)9-11-22;;/h12-13H,5-11,14H2,1-4H3,(H,20,23);2*1H. The van der Waals surface area contributed by atoms with Gasteiger partial charge in [0, 0.05) is 32.7 Å². The predicted molar refractivity (Wildman–Crippen MR) is 112 cm³/mol. The van der Waals surface area contributed by atoms with Crippen molar-refractivity contribution in [2.45, 2.75) is 27.2 Å². The van der Waals surface area contributed by atoms with Crippen molar-refractivity contribution in [1.29, 1.82) is 0 Å². The molecule has 0 saturated carbocycles. The number of halogens is 2. The number of benzene rings is 1. The summed E-state index contributed by atoms with van der Waals surface area (Å²) in [6.07, 6.45) is 0.984. The van der Waals surface area contributed by atoms with Crippen molar-refractivity contribution in [3.05, 3.63) is 28.8 Å². The number of carbonyl (C=O) groups excluding carboxylic acids is 1. The van der Waals surface area contributed by atoms with Crippen molar-refractivity contribution in [2.24, 2.45) is 0 Å². The van der Waals surface area contributed by atoms with Crippen LogP contribution < -0.4 is 10.1 Å². The molecule has 1 N–H and O–H groups in total. The first-order valence-electron chi connectivity index (χ1n) is 8.84. The van der Waals surface area contributed by atoms with E-state index in [2.05, 4.69) is 41.2 Å². The van der Waals surface area contributed by atoms with E-state index in [0.717, 1.165) is 56.0 Å². The molecule has 0 radical (unpaired) electrons. The van der Waals surface area contributed by atoms with Crippen LogP contribution in [-0.2, 0) is 4.79 Å². The molecule has 0 aliphatic carbocycles. The third kappa shape index (κ3) is 8.12. The first-order chi connectivity index (χ1) is 11.5. The van der Waals surface area contributed by atoms with Crippen molar-refractivity contribution in [3.8, 4) is 5.75 Å². The number of amides is 1. The zero-order valence-corrected chi connectivity index (χ0v) is 18.0. The van der Waals surface area contributed by atoms with E-state index < -0.39 is 0 Å². The minimum absolute atomic E-state index is 0. The van der Waals surface area contributed by atoms with Crippen molar-refractivity contribution in [2.75, 3.05) is 52.9 Å². The minimum Gasteiger partial charge on any atom is -0.483 e. The van der Waals surface area contributed by atoms with Gasteiger partial charge < -0.3 is 19.9 Å². The molecule has 1 saturated heterocycles. The van der Waals surface area contributed by atoms with Gasteiger partial charge in [0.2, 0.25) is 0 Å². The molecule has 0 atom stereocenters. The zero-order chi connectivity index (χ0) is 17.5. The van der Waals surface area contributed by atoms with Gasteiger partial charge >= 0.3 is 0 Å². The second-order valence-electron chi connectivity index (χ2n) is 6.86. The number of ether oxygens (including phenoxy) is 1. The van der Waals surface area contributed by atoms with E-state index in [0.29, 0.717) is 6.54 Å². The van der Waals surface area contributed by atoms with Gasteiger partial charge in [-0.3, -0.25) is 4.79 Å². The van der Waals surface area contributed by atoms with E-state index in [4.69, 9.17) is 4.74 Å². The fourth-order valence-corrected chi connectivity index (χ4v) is 3.19. The van der Waals surface area contributed by atoms with Gasteiger partial charge in [-0.05, 0) is 51.9 Å². The van der Waals surface area contributed by atoms with E-state index in [1.807, 2.05) is 13.8 Å². The molecule has 5 nitrogen and oxygen atoms in total. The summed E-state index contributed by atoms with van der Waals surface area (Å²) in [5.74, 6) is 0.779. The van der Waals surface area contributed by atoms with Gasteiger partial charge in [-0.25, -0.2) is 0 Å². The maximum Gasteiger partial charge on any atom is 0.257 e. The monoisotopic (exact) mass is 405 g/mol. The summed E-state index contributed by atoms with van der Waals surface area (Å²) in [6, 6.07) is 4.16. The van der Waals surface area contributed by atoms with Crippen LogP contribution in [0.1, 0.15) is 23.1 Å². The lowest BCUT2D eigenvalue weighted by Gasteiger charge is -2.32. The van der Waals surface area contributed by atoms with E-state index in [1.165, 1.54) is 5.56 Å². The highest BCUT2D eigenvalue weighted by atomic mass is 35.5. The Hall–Kier alpha value is -1.01. The van der Waals surface area contributed by atoms with E-state index in [-0.39, 0.29) is 37.3 Å². The van der Waals surface area contributed by atoms with Crippen LogP contribution in [0.15, 0.2) is 12.1 Å². The van der Waals surface area contributed by atoms with Crippen molar-refractivity contribution in [3.63, 3.8) is 0 Å². The van der Waals surface area contributed by atoms with Gasteiger partial charge in [0.05, 0.1) is 0 Å². The lowest BCUT2D eigenvalue weighted by Crippen LogP contribution is -2.45. The van der Waals surface area contributed by atoms with E-state index in [9.17, 15) is 4.79 Å². The summed E-state index contributed by atoms with van der Waals surface area (Å²) in [5, 5.41) is 2.95. The molecule has 1 aromatic rings.